The van der Waals surface area contributed by atoms with Crippen molar-refractivity contribution in [1.82, 2.24) is 9.97 Å². The van der Waals surface area contributed by atoms with Gasteiger partial charge in [0, 0.05) is 11.3 Å². The van der Waals surface area contributed by atoms with Crippen molar-refractivity contribution in [3.8, 4) is 0 Å². The number of nitrogens with zero attached hydrogens (tertiary/aromatic N) is 2. The van der Waals surface area contributed by atoms with E-state index in [1.165, 1.54) is 24.7 Å². The largest absolute Gasteiger partial charge is 0.383 e. The highest BCUT2D eigenvalue weighted by Gasteiger charge is 2.12. The van der Waals surface area contributed by atoms with Crippen LogP contribution in [0.5, 0.6) is 0 Å². The molecule has 0 unspecified atom stereocenters. The predicted octanol–water partition coefficient (Wildman–Crippen LogP) is 4.27. The standard InChI is InChI=1S/C17H24N4/c1-4-5-6-13-7-9-14(10-8-13)21-17-15(12(2)3)16(18)19-11-20-17/h7-12H,4-6H2,1-3H3,(H3,18,19,20,21). The maximum absolute atomic E-state index is 5.96. The fraction of sp³-hybridized carbons (Fsp3) is 0.412. The van der Waals surface area contributed by atoms with Crippen molar-refractivity contribution in [3.05, 3.63) is 41.7 Å². The lowest BCUT2D eigenvalue weighted by Gasteiger charge is -2.15. The third kappa shape index (κ3) is 3.94. The van der Waals surface area contributed by atoms with Crippen LogP contribution in [0.15, 0.2) is 30.6 Å². The maximum atomic E-state index is 5.96. The molecular formula is C17H24N4. The van der Waals surface area contributed by atoms with Crippen LogP contribution in [0.3, 0.4) is 0 Å². The first-order valence-electron chi connectivity index (χ1n) is 7.58. The van der Waals surface area contributed by atoms with Crippen molar-refractivity contribution in [1.29, 1.82) is 0 Å². The van der Waals surface area contributed by atoms with E-state index in [2.05, 4.69) is 60.3 Å². The molecule has 1 aromatic heterocycles. The lowest BCUT2D eigenvalue weighted by molar-refractivity contribution is 0.795. The van der Waals surface area contributed by atoms with E-state index >= 15 is 0 Å². The van der Waals surface area contributed by atoms with Crippen LogP contribution in [0.4, 0.5) is 17.3 Å². The quantitative estimate of drug-likeness (QED) is 0.831. The Morgan fingerprint density at radius 1 is 1.14 bits per heavy atom. The molecule has 0 saturated carbocycles. The van der Waals surface area contributed by atoms with Crippen molar-refractivity contribution in [2.75, 3.05) is 11.1 Å². The van der Waals surface area contributed by atoms with Gasteiger partial charge in [0.25, 0.3) is 0 Å². The predicted molar refractivity (Wildman–Crippen MR) is 88.9 cm³/mol. The summed E-state index contributed by atoms with van der Waals surface area (Å²) in [6.07, 6.45) is 5.08. The fourth-order valence-electron chi connectivity index (χ4n) is 2.35. The van der Waals surface area contributed by atoms with Gasteiger partial charge in [0.15, 0.2) is 0 Å². The van der Waals surface area contributed by atoms with Crippen LogP contribution in [-0.4, -0.2) is 9.97 Å². The number of anilines is 3. The molecule has 0 atom stereocenters. The molecule has 0 aliphatic heterocycles. The molecule has 2 rings (SSSR count). The lowest BCUT2D eigenvalue weighted by atomic mass is 10.0. The second-order valence-corrected chi connectivity index (χ2v) is 5.60. The molecule has 0 bridgehead atoms. The first-order valence-corrected chi connectivity index (χ1v) is 7.58. The highest BCUT2D eigenvalue weighted by Crippen LogP contribution is 2.28. The minimum Gasteiger partial charge on any atom is -0.383 e. The monoisotopic (exact) mass is 284 g/mol. The smallest absolute Gasteiger partial charge is 0.139 e. The van der Waals surface area contributed by atoms with Crippen LogP contribution in [0, 0.1) is 0 Å². The van der Waals surface area contributed by atoms with E-state index in [-0.39, 0.29) is 5.92 Å². The summed E-state index contributed by atoms with van der Waals surface area (Å²) in [6, 6.07) is 8.51. The van der Waals surface area contributed by atoms with Crippen molar-refractivity contribution < 1.29 is 0 Å². The van der Waals surface area contributed by atoms with Gasteiger partial charge in [0.2, 0.25) is 0 Å². The highest BCUT2D eigenvalue weighted by molar-refractivity contribution is 5.64. The number of hydrogen-bond acceptors (Lipinski definition) is 4. The van der Waals surface area contributed by atoms with E-state index in [1.54, 1.807) is 0 Å². The Morgan fingerprint density at radius 3 is 2.48 bits per heavy atom. The summed E-state index contributed by atoms with van der Waals surface area (Å²) in [6.45, 7) is 6.39. The Bertz CT molecular complexity index is 576. The van der Waals surface area contributed by atoms with Crippen molar-refractivity contribution in [3.63, 3.8) is 0 Å². The molecule has 0 spiro atoms. The number of nitrogen functional groups attached to an aromatic ring is 1. The molecule has 0 amide bonds. The Balaban J connectivity index is 2.17. The molecule has 0 saturated heterocycles. The van der Waals surface area contributed by atoms with Gasteiger partial charge in [-0.2, -0.15) is 0 Å². The Hall–Kier alpha value is -2.10. The molecule has 0 fully saturated rings. The molecule has 0 aliphatic carbocycles. The minimum atomic E-state index is 0.275. The number of aryl methyl sites for hydroxylation is 1. The number of hydrogen-bond donors (Lipinski definition) is 2. The zero-order valence-electron chi connectivity index (χ0n) is 13.1. The fourth-order valence-corrected chi connectivity index (χ4v) is 2.35. The van der Waals surface area contributed by atoms with Crippen LogP contribution in [0.25, 0.3) is 0 Å². The third-order valence-electron chi connectivity index (χ3n) is 3.53. The van der Waals surface area contributed by atoms with Crippen molar-refractivity contribution >= 4 is 17.3 Å². The minimum absolute atomic E-state index is 0.275. The number of nitrogens with one attached hydrogen (secondary N) is 1. The SMILES string of the molecule is CCCCc1ccc(Nc2ncnc(N)c2C(C)C)cc1. The molecule has 1 aromatic carbocycles. The molecule has 0 radical (unpaired) electrons. The van der Waals surface area contributed by atoms with Gasteiger partial charge in [-0.1, -0.05) is 39.3 Å². The van der Waals surface area contributed by atoms with Crippen LogP contribution >= 0.6 is 0 Å². The summed E-state index contributed by atoms with van der Waals surface area (Å²) < 4.78 is 0. The van der Waals surface area contributed by atoms with E-state index in [9.17, 15) is 0 Å². The van der Waals surface area contributed by atoms with Gasteiger partial charge in [-0.15, -0.1) is 0 Å². The molecule has 112 valence electrons. The van der Waals surface area contributed by atoms with E-state index in [0.29, 0.717) is 5.82 Å². The summed E-state index contributed by atoms with van der Waals surface area (Å²) in [5, 5.41) is 3.35. The molecule has 4 heteroatoms. The molecule has 1 heterocycles. The van der Waals surface area contributed by atoms with Gasteiger partial charge in [0.1, 0.15) is 18.0 Å². The molecular weight excluding hydrogens is 260 g/mol. The van der Waals surface area contributed by atoms with E-state index in [1.807, 2.05) is 0 Å². The summed E-state index contributed by atoms with van der Waals surface area (Å²) in [7, 11) is 0. The number of unbranched alkanes of at least 4 members (excludes halogenated alkanes) is 1. The van der Waals surface area contributed by atoms with Crippen molar-refractivity contribution in [2.45, 2.75) is 46.0 Å². The van der Waals surface area contributed by atoms with E-state index < -0.39 is 0 Å². The molecule has 0 aliphatic rings. The Labute approximate surface area is 126 Å². The van der Waals surface area contributed by atoms with Crippen LogP contribution in [-0.2, 0) is 6.42 Å². The zero-order chi connectivity index (χ0) is 15.2. The molecule has 4 nitrogen and oxygen atoms in total. The summed E-state index contributed by atoms with van der Waals surface area (Å²) >= 11 is 0. The Morgan fingerprint density at radius 2 is 1.86 bits per heavy atom. The number of nitrogens with two attached hydrogens (primary N) is 1. The number of benzene rings is 1. The average Bonchev–Trinajstić information content (AvgIpc) is 2.46. The molecule has 21 heavy (non-hydrogen) atoms. The molecule has 3 N–H and O–H groups in total. The third-order valence-corrected chi connectivity index (χ3v) is 3.53. The van der Waals surface area contributed by atoms with Crippen LogP contribution in [0.2, 0.25) is 0 Å². The first kappa shape index (κ1) is 15.3. The number of rotatable bonds is 6. The van der Waals surface area contributed by atoms with Gasteiger partial charge in [-0.3, -0.25) is 0 Å². The average molecular weight is 284 g/mol. The first-order chi connectivity index (χ1) is 10.1. The second kappa shape index (κ2) is 7.07. The van der Waals surface area contributed by atoms with Gasteiger partial charge in [-0.05, 0) is 36.5 Å². The summed E-state index contributed by atoms with van der Waals surface area (Å²) in [5.74, 6) is 1.61. The number of aromatic nitrogens is 2. The van der Waals surface area contributed by atoms with Gasteiger partial charge >= 0.3 is 0 Å². The lowest BCUT2D eigenvalue weighted by Crippen LogP contribution is -2.06. The van der Waals surface area contributed by atoms with Crippen LogP contribution in [0.1, 0.15) is 50.7 Å². The van der Waals surface area contributed by atoms with Crippen molar-refractivity contribution in [2.24, 2.45) is 0 Å². The summed E-state index contributed by atoms with van der Waals surface area (Å²) in [4.78, 5) is 8.40. The van der Waals surface area contributed by atoms with Crippen LogP contribution < -0.4 is 11.1 Å². The Kier molecular flexibility index (Phi) is 5.14. The van der Waals surface area contributed by atoms with E-state index in [4.69, 9.17) is 5.73 Å². The van der Waals surface area contributed by atoms with E-state index in [0.717, 1.165) is 23.5 Å². The summed E-state index contributed by atoms with van der Waals surface area (Å²) in [5.41, 5.74) is 9.32. The van der Waals surface area contributed by atoms with Gasteiger partial charge in [0.05, 0.1) is 0 Å². The van der Waals surface area contributed by atoms with Gasteiger partial charge in [-0.25, -0.2) is 9.97 Å². The van der Waals surface area contributed by atoms with Gasteiger partial charge < -0.3 is 11.1 Å². The second-order valence-electron chi connectivity index (χ2n) is 5.60. The highest BCUT2D eigenvalue weighted by atomic mass is 15.0. The topological polar surface area (TPSA) is 63.8 Å². The normalized spacial score (nSPS) is 10.9. The maximum Gasteiger partial charge on any atom is 0.139 e. The molecule has 2 aromatic rings. The zero-order valence-corrected chi connectivity index (χ0v) is 13.1.